The van der Waals surface area contributed by atoms with Crippen molar-refractivity contribution in [2.24, 2.45) is 0 Å². The standard InChI is InChI=1S/C35H36BrCl2N3O4S/c1-24-16-18-28(19-17-24)46(44,45)41(27-13-8-12-26(36)21-27)23-33(42)40(22-29-30(37)14-9-15-31(29)38)32(34(43)39-35(2,3)4)20-25-10-6-5-7-11-25/h5-19,21,32H,20,22-23H2,1-4H3,(H,39,43)/t32-/m0/s1. The molecular weight excluding hydrogens is 709 g/mol. The van der Waals surface area contributed by atoms with Gasteiger partial charge in [-0.15, -0.1) is 0 Å². The Hall–Kier alpha value is -3.37. The number of sulfonamides is 1. The highest BCUT2D eigenvalue weighted by atomic mass is 79.9. The molecule has 1 atom stereocenters. The van der Waals surface area contributed by atoms with Crippen molar-refractivity contribution in [2.45, 2.75) is 57.1 Å². The van der Waals surface area contributed by atoms with E-state index in [1.165, 1.54) is 17.0 Å². The van der Waals surface area contributed by atoms with E-state index < -0.39 is 40.0 Å². The maximum Gasteiger partial charge on any atom is 0.264 e. The zero-order chi connectivity index (χ0) is 33.6. The predicted octanol–water partition coefficient (Wildman–Crippen LogP) is 7.81. The zero-order valence-electron chi connectivity index (χ0n) is 26.0. The number of carbonyl (C=O) groups excluding carboxylic acids is 2. The van der Waals surface area contributed by atoms with Gasteiger partial charge in [0.05, 0.1) is 10.6 Å². The molecule has 0 saturated heterocycles. The van der Waals surface area contributed by atoms with Gasteiger partial charge in [0.15, 0.2) is 0 Å². The van der Waals surface area contributed by atoms with E-state index >= 15 is 0 Å². The van der Waals surface area contributed by atoms with Gasteiger partial charge in [-0.25, -0.2) is 8.42 Å². The topological polar surface area (TPSA) is 86.8 Å². The number of halogens is 3. The van der Waals surface area contributed by atoms with Crippen LogP contribution in [0.25, 0.3) is 0 Å². The van der Waals surface area contributed by atoms with Crippen molar-refractivity contribution in [2.75, 3.05) is 10.8 Å². The molecule has 0 fully saturated rings. The van der Waals surface area contributed by atoms with Crippen molar-refractivity contribution >= 4 is 66.7 Å². The van der Waals surface area contributed by atoms with Crippen molar-refractivity contribution in [1.29, 1.82) is 0 Å². The van der Waals surface area contributed by atoms with Gasteiger partial charge >= 0.3 is 0 Å². The molecule has 0 aliphatic carbocycles. The zero-order valence-corrected chi connectivity index (χ0v) is 29.9. The minimum Gasteiger partial charge on any atom is -0.350 e. The quantitative estimate of drug-likeness (QED) is 0.170. The van der Waals surface area contributed by atoms with Crippen LogP contribution in [0.2, 0.25) is 10.0 Å². The molecule has 11 heteroatoms. The molecule has 0 saturated carbocycles. The summed E-state index contributed by atoms with van der Waals surface area (Å²) in [6, 6.07) is 26.4. The Balaban J connectivity index is 1.85. The largest absolute Gasteiger partial charge is 0.350 e. The number of rotatable bonds is 11. The van der Waals surface area contributed by atoms with E-state index in [-0.39, 0.29) is 23.5 Å². The minimum atomic E-state index is -4.23. The van der Waals surface area contributed by atoms with E-state index in [1.807, 2.05) is 58.0 Å². The molecule has 0 bridgehead atoms. The van der Waals surface area contributed by atoms with E-state index in [1.54, 1.807) is 54.6 Å². The lowest BCUT2D eigenvalue weighted by atomic mass is 10.0. The third-order valence-corrected chi connectivity index (χ3v) is 10.1. The molecule has 0 radical (unpaired) electrons. The van der Waals surface area contributed by atoms with Gasteiger partial charge in [-0.3, -0.25) is 13.9 Å². The minimum absolute atomic E-state index is 0.0258. The molecule has 4 rings (SSSR count). The van der Waals surface area contributed by atoms with Gasteiger partial charge in [0, 0.05) is 38.6 Å². The summed E-state index contributed by atoms with van der Waals surface area (Å²) in [7, 11) is -4.23. The van der Waals surface area contributed by atoms with Crippen LogP contribution in [0, 0.1) is 6.92 Å². The van der Waals surface area contributed by atoms with Crippen molar-refractivity contribution in [3.63, 3.8) is 0 Å². The van der Waals surface area contributed by atoms with Crippen LogP contribution in [0.15, 0.2) is 106 Å². The lowest BCUT2D eigenvalue weighted by Gasteiger charge is -2.35. The van der Waals surface area contributed by atoms with Gasteiger partial charge in [0.25, 0.3) is 10.0 Å². The highest BCUT2D eigenvalue weighted by Crippen LogP contribution is 2.30. The van der Waals surface area contributed by atoms with Gasteiger partial charge in [-0.2, -0.15) is 0 Å². The van der Waals surface area contributed by atoms with E-state index in [0.29, 0.717) is 20.1 Å². The maximum absolute atomic E-state index is 14.6. The van der Waals surface area contributed by atoms with Crippen LogP contribution < -0.4 is 9.62 Å². The normalized spacial score (nSPS) is 12.3. The van der Waals surface area contributed by atoms with Gasteiger partial charge in [-0.1, -0.05) is 99.3 Å². The Labute approximate surface area is 289 Å². The number of benzene rings is 4. The van der Waals surface area contributed by atoms with Gasteiger partial charge in [0.2, 0.25) is 11.8 Å². The summed E-state index contributed by atoms with van der Waals surface area (Å²) in [6.07, 6.45) is 0.165. The number of nitrogens with zero attached hydrogens (tertiary/aromatic N) is 2. The predicted molar refractivity (Wildman–Crippen MR) is 189 cm³/mol. The maximum atomic E-state index is 14.6. The van der Waals surface area contributed by atoms with Crippen LogP contribution >= 0.6 is 39.1 Å². The Morgan fingerprint density at radius 2 is 1.48 bits per heavy atom. The third-order valence-electron chi connectivity index (χ3n) is 7.14. The van der Waals surface area contributed by atoms with Crippen LogP contribution in [0.1, 0.15) is 37.5 Å². The summed E-state index contributed by atoms with van der Waals surface area (Å²) in [5.41, 5.74) is 1.81. The molecule has 0 heterocycles. The Morgan fingerprint density at radius 3 is 2.07 bits per heavy atom. The average Bonchev–Trinajstić information content (AvgIpc) is 2.98. The number of hydrogen-bond acceptors (Lipinski definition) is 4. The van der Waals surface area contributed by atoms with Crippen LogP contribution in [0.5, 0.6) is 0 Å². The number of aryl methyl sites for hydroxylation is 1. The summed E-state index contributed by atoms with van der Waals surface area (Å²) in [4.78, 5) is 30.0. The first-order chi connectivity index (χ1) is 21.7. The molecule has 0 aliphatic rings. The fraction of sp³-hybridized carbons (Fsp3) is 0.257. The second-order valence-corrected chi connectivity index (χ2v) is 15.6. The van der Waals surface area contributed by atoms with E-state index in [2.05, 4.69) is 21.2 Å². The number of amides is 2. The first kappa shape index (κ1) is 35.5. The summed E-state index contributed by atoms with van der Waals surface area (Å²) in [6.45, 7) is 6.69. The van der Waals surface area contributed by atoms with Crippen LogP contribution in [-0.2, 0) is 32.6 Å². The summed E-state index contributed by atoms with van der Waals surface area (Å²) < 4.78 is 30.1. The molecular formula is C35H36BrCl2N3O4S. The van der Waals surface area contributed by atoms with Crippen molar-refractivity contribution in [3.8, 4) is 0 Å². The molecule has 7 nitrogen and oxygen atoms in total. The highest BCUT2D eigenvalue weighted by molar-refractivity contribution is 9.10. The first-order valence-electron chi connectivity index (χ1n) is 14.6. The van der Waals surface area contributed by atoms with Gasteiger partial charge in [-0.05, 0) is 75.7 Å². The van der Waals surface area contributed by atoms with E-state index in [0.717, 1.165) is 15.4 Å². The second kappa shape index (κ2) is 15.0. The van der Waals surface area contributed by atoms with Crippen molar-refractivity contribution in [1.82, 2.24) is 10.2 Å². The molecule has 0 unspecified atom stereocenters. The smallest absolute Gasteiger partial charge is 0.264 e. The molecule has 4 aromatic rings. The number of hydrogen-bond donors (Lipinski definition) is 1. The number of anilines is 1. The average molecular weight is 746 g/mol. The first-order valence-corrected chi connectivity index (χ1v) is 17.6. The Kier molecular flexibility index (Phi) is 11.6. The fourth-order valence-electron chi connectivity index (χ4n) is 4.86. The van der Waals surface area contributed by atoms with Crippen LogP contribution in [0.3, 0.4) is 0 Å². The fourth-order valence-corrected chi connectivity index (χ4v) is 7.17. The third kappa shape index (κ3) is 9.12. The molecule has 0 aromatic heterocycles. The molecule has 0 spiro atoms. The van der Waals surface area contributed by atoms with Crippen molar-refractivity contribution < 1.29 is 18.0 Å². The molecule has 0 aliphatic heterocycles. The van der Waals surface area contributed by atoms with Gasteiger partial charge < -0.3 is 10.2 Å². The number of nitrogens with one attached hydrogen (secondary N) is 1. The summed E-state index contributed by atoms with van der Waals surface area (Å²) in [5.74, 6) is -1.01. The van der Waals surface area contributed by atoms with Crippen molar-refractivity contribution in [3.05, 3.63) is 128 Å². The van der Waals surface area contributed by atoms with E-state index in [9.17, 15) is 18.0 Å². The molecule has 4 aromatic carbocycles. The Morgan fingerprint density at radius 1 is 0.870 bits per heavy atom. The summed E-state index contributed by atoms with van der Waals surface area (Å²) >= 11 is 16.6. The Bertz CT molecular complexity index is 1780. The molecule has 242 valence electrons. The molecule has 2 amide bonds. The monoisotopic (exact) mass is 743 g/mol. The summed E-state index contributed by atoms with van der Waals surface area (Å²) in [5, 5.41) is 3.64. The highest BCUT2D eigenvalue weighted by Gasteiger charge is 2.36. The SMILES string of the molecule is Cc1ccc(S(=O)(=O)N(CC(=O)N(Cc2c(Cl)cccc2Cl)[C@@H](Cc2ccccc2)C(=O)NC(C)(C)C)c2cccc(Br)c2)cc1. The number of carbonyl (C=O) groups is 2. The lowest BCUT2D eigenvalue weighted by molar-refractivity contribution is -0.140. The lowest BCUT2D eigenvalue weighted by Crippen LogP contribution is -2.56. The van der Waals surface area contributed by atoms with E-state index in [4.69, 9.17) is 23.2 Å². The van der Waals surface area contributed by atoms with Gasteiger partial charge in [0.1, 0.15) is 12.6 Å². The second-order valence-electron chi connectivity index (χ2n) is 12.0. The van der Waals surface area contributed by atoms with Crippen LogP contribution in [-0.4, -0.2) is 43.3 Å². The van der Waals surface area contributed by atoms with Crippen LogP contribution in [0.4, 0.5) is 5.69 Å². The molecule has 1 N–H and O–H groups in total. The molecule has 46 heavy (non-hydrogen) atoms.